The molecule has 0 spiro atoms. The average molecular weight is 119 g/mol. The van der Waals surface area contributed by atoms with Crippen LogP contribution >= 0.6 is 11.6 Å². The fourth-order valence-corrected chi connectivity index (χ4v) is 0.474. The fraction of sp³-hybridized carbons (Fsp3) is 0.667. The topological polar surface area (TPSA) is 0 Å². The molecule has 0 saturated heterocycles. The zero-order chi connectivity index (χ0) is 5.54. The van der Waals surface area contributed by atoms with Gasteiger partial charge in [0.05, 0.1) is 0 Å². The number of halogens is 1. The summed E-state index contributed by atoms with van der Waals surface area (Å²) in [5.74, 6) is 0.653. The smallest absolute Gasteiger partial charge is 0.0404 e. The van der Waals surface area contributed by atoms with Crippen molar-refractivity contribution in [3.05, 3.63) is 12.2 Å². The molecule has 0 radical (unpaired) electrons. The molecule has 0 amide bonds. The van der Waals surface area contributed by atoms with E-state index < -0.39 is 0 Å². The molecule has 0 saturated carbocycles. The second-order valence-corrected chi connectivity index (χ2v) is 1.72. The summed E-state index contributed by atoms with van der Waals surface area (Å²) in [5.41, 5.74) is 0. The van der Waals surface area contributed by atoms with E-state index in [0.29, 0.717) is 5.88 Å². The molecule has 0 aromatic rings. The molecule has 0 heterocycles. The second-order valence-electron chi connectivity index (χ2n) is 1.41. The first-order valence-corrected chi connectivity index (χ1v) is 3.16. The van der Waals surface area contributed by atoms with Crippen molar-refractivity contribution in [2.24, 2.45) is 0 Å². The zero-order valence-electron chi connectivity index (χ0n) is 4.65. The van der Waals surface area contributed by atoms with E-state index in [4.69, 9.17) is 11.6 Å². The predicted molar refractivity (Wildman–Crippen MR) is 34.8 cm³/mol. The summed E-state index contributed by atoms with van der Waals surface area (Å²) in [5, 5.41) is 0. The summed E-state index contributed by atoms with van der Waals surface area (Å²) in [6.07, 6.45) is 6.46. The van der Waals surface area contributed by atoms with Crippen molar-refractivity contribution >= 4 is 11.6 Å². The van der Waals surface area contributed by atoms with Crippen LogP contribution in [0.1, 0.15) is 19.8 Å². The number of hydrogen-bond acceptors (Lipinski definition) is 0. The van der Waals surface area contributed by atoms with Crippen LogP contribution in [0.5, 0.6) is 0 Å². The quantitative estimate of drug-likeness (QED) is 0.395. The lowest BCUT2D eigenvalue weighted by Gasteiger charge is -1.78. The van der Waals surface area contributed by atoms with E-state index in [2.05, 4.69) is 13.0 Å². The lowest BCUT2D eigenvalue weighted by atomic mass is 10.3. The molecule has 0 atom stereocenters. The molecule has 0 nitrogen and oxygen atoms in total. The van der Waals surface area contributed by atoms with E-state index in [9.17, 15) is 0 Å². The molecule has 7 heavy (non-hydrogen) atoms. The summed E-state index contributed by atoms with van der Waals surface area (Å²) in [7, 11) is 0. The molecular formula is C6H11Cl. The van der Waals surface area contributed by atoms with Gasteiger partial charge in [-0.2, -0.15) is 0 Å². The van der Waals surface area contributed by atoms with Crippen molar-refractivity contribution in [1.82, 2.24) is 0 Å². The van der Waals surface area contributed by atoms with Gasteiger partial charge in [-0.1, -0.05) is 25.5 Å². The minimum absolute atomic E-state index is 0.653. The van der Waals surface area contributed by atoms with Gasteiger partial charge in [-0.25, -0.2) is 0 Å². The lowest BCUT2D eigenvalue weighted by molar-refractivity contribution is 0.957. The van der Waals surface area contributed by atoms with Gasteiger partial charge in [0.25, 0.3) is 0 Å². The standard InChI is InChI=1S/C6H11Cl/c1-2-3-4-5-6-7/h4-5H,2-3,6H2,1H3. The van der Waals surface area contributed by atoms with E-state index in [1.54, 1.807) is 0 Å². The van der Waals surface area contributed by atoms with Crippen LogP contribution in [-0.2, 0) is 0 Å². The van der Waals surface area contributed by atoms with Crippen molar-refractivity contribution in [2.45, 2.75) is 19.8 Å². The largest absolute Gasteiger partial charge is 0.122 e. The first kappa shape index (κ1) is 7.03. The van der Waals surface area contributed by atoms with Gasteiger partial charge in [0, 0.05) is 5.88 Å². The molecule has 0 aromatic heterocycles. The van der Waals surface area contributed by atoms with Gasteiger partial charge in [0.1, 0.15) is 0 Å². The fourth-order valence-electron chi connectivity index (χ4n) is 0.348. The SMILES string of the molecule is CCCC=CCCl. The average Bonchev–Trinajstić information content (AvgIpc) is 1.69. The summed E-state index contributed by atoms with van der Waals surface area (Å²) < 4.78 is 0. The van der Waals surface area contributed by atoms with Gasteiger partial charge in [0.2, 0.25) is 0 Å². The molecule has 0 fully saturated rings. The van der Waals surface area contributed by atoms with E-state index in [0.717, 1.165) is 6.42 Å². The van der Waals surface area contributed by atoms with Crippen LogP contribution in [0.4, 0.5) is 0 Å². The highest BCUT2D eigenvalue weighted by Crippen LogP contribution is 1.88. The second kappa shape index (κ2) is 6.03. The van der Waals surface area contributed by atoms with E-state index in [1.165, 1.54) is 6.42 Å². The Bertz CT molecular complexity index is 48.1. The molecular weight excluding hydrogens is 108 g/mol. The molecule has 0 aliphatic heterocycles. The predicted octanol–water partition coefficient (Wildman–Crippen LogP) is 2.58. The highest BCUT2D eigenvalue weighted by Gasteiger charge is 1.68. The molecule has 0 aliphatic rings. The molecule has 0 N–H and O–H groups in total. The number of unbranched alkanes of at least 4 members (excludes halogenated alkanes) is 1. The van der Waals surface area contributed by atoms with Gasteiger partial charge in [0.15, 0.2) is 0 Å². The summed E-state index contributed by atoms with van der Waals surface area (Å²) in [4.78, 5) is 0. The summed E-state index contributed by atoms with van der Waals surface area (Å²) in [6, 6.07) is 0. The normalized spacial score (nSPS) is 10.6. The van der Waals surface area contributed by atoms with Crippen LogP contribution < -0.4 is 0 Å². The summed E-state index contributed by atoms with van der Waals surface area (Å²) in [6.45, 7) is 2.15. The molecule has 0 aromatic carbocycles. The number of alkyl halides is 1. The Morgan fingerprint density at radius 1 is 1.43 bits per heavy atom. The Kier molecular flexibility index (Phi) is 6.06. The third-order valence-electron chi connectivity index (χ3n) is 0.711. The van der Waals surface area contributed by atoms with E-state index in [1.807, 2.05) is 6.08 Å². The van der Waals surface area contributed by atoms with Gasteiger partial charge in [-0.15, -0.1) is 11.6 Å². The maximum absolute atomic E-state index is 5.35. The van der Waals surface area contributed by atoms with Gasteiger partial charge in [-0.3, -0.25) is 0 Å². The van der Waals surface area contributed by atoms with Gasteiger partial charge >= 0.3 is 0 Å². The molecule has 42 valence electrons. The first-order chi connectivity index (χ1) is 3.41. The van der Waals surface area contributed by atoms with Crippen LogP contribution in [0.15, 0.2) is 12.2 Å². The third kappa shape index (κ3) is 6.03. The number of rotatable bonds is 3. The van der Waals surface area contributed by atoms with Crippen LogP contribution in [0.2, 0.25) is 0 Å². The molecule has 0 rings (SSSR count). The van der Waals surface area contributed by atoms with E-state index >= 15 is 0 Å². The number of allylic oxidation sites excluding steroid dienone is 2. The Hall–Kier alpha value is 0.0300. The van der Waals surface area contributed by atoms with Crippen molar-refractivity contribution in [1.29, 1.82) is 0 Å². The Balaban J connectivity index is 2.78. The maximum Gasteiger partial charge on any atom is 0.0404 e. The van der Waals surface area contributed by atoms with Crippen molar-refractivity contribution in [2.75, 3.05) is 5.88 Å². The monoisotopic (exact) mass is 118 g/mol. The third-order valence-corrected chi connectivity index (χ3v) is 0.889. The minimum atomic E-state index is 0.653. The van der Waals surface area contributed by atoms with Gasteiger partial charge in [-0.05, 0) is 6.42 Å². The number of hydrogen-bond donors (Lipinski definition) is 0. The molecule has 1 heteroatoms. The molecule has 0 aliphatic carbocycles. The maximum atomic E-state index is 5.35. The Morgan fingerprint density at radius 3 is 2.57 bits per heavy atom. The lowest BCUT2D eigenvalue weighted by Crippen LogP contribution is -1.61. The van der Waals surface area contributed by atoms with Crippen LogP contribution in [0.25, 0.3) is 0 Å². The first-order valence-electron chi connectivity index (χ1n) is 2.62. The molecule has 0 bridgehead atoms. The molecule has 0 unspecified atom stereocenters. The van der Waals surface area contributed by atoms with E-state index in [-0.39, 0.29) is 0 Å². The highest BCUT2D eigenvalue weighted by atomic mass is 35.5. The van der Waals surface area contributed by atoms with Crippen LogP contribution in [0, 0.1) is 0 Å². The van der Waals surface area contributed by atoms with Crippen molar-refractivity contribution in [3.63, 3.8) is 0 Å². The van der Waals surface area contributed by atoms with Crippen LogP contribution in [0.3, 0.4) is 0 Å². The van der Waals surface area contributed by atoms with Crippen molar-refractivity contribution in [3.8, 4) is 0 Å². The Labute approximate surface area is 50.2 Å². The van der Waals surface area contributed by atoms with Crippen molar-refractivity contribution < 1.29 is 0 Å². The summed E-state index contributed by atoms with van der Waals surface area (Å²) >= 11 is 5.35. The minimum Gasteiger partial charge on any atom is -0.122 e. The van der Waals surface area contributed by atoms with Gasteiger partial charge < -0.3 is 0 Å². The zero-order valence-corrected chi connectivity index (χ0v) is 5.41. The Morgan fingerprint density at radius 2 is 2.14 bits per heavy atom. The highest BCUT2D eigenvalue weighted by molar-refractivity contribution is 6.18. The van der Waals surface area contributed by atoms with Crippen LogP contribution in [-0.4, -0.2) is 5.88 Å².